The third-order valence-corrected chi connectivity index (χ3v) is 2.36. The quantitative estimate of drug-likeness (QED) is 0.857. The van der Waals surface area contributed by atoms with E-state index in [2.05, 4.69) is 31.3 Å². The molecule has 0 aliphatic heterocycles. The molecule has 0 radical (unpaired) electrons. The zero-order valence-corrected chi connectivity index (χ0v) is 8.82. The highest BCUT2D eigenvalue weighted by atomic mass is 79.9. The lowest BCUT2D eigenvalue weighted by Crippen LogP contribution is -1.87. The smallest absolute Gasteiger partial charge is 0.118 e. The van der Waals surface area contributed by atoms with E-state index in [1.54, 1.807) is 0 Å². The first-order valence-electron chi connectivity index (χ1n) is 4.07. The van der Waals surface area contributed by atoms with Gasteiger partial charge in [-0.3, -0.25) is 0 Å². The predicted molar refractivity (Wildman–Crippen MR) is 55.4 cm³/mol. The summed E-state index contributed by atoms with van der Waals surface area (Å²) >= 11 is 3.37. The summed E-state index contributed by atoms with van der Waals surface area (Å²) in [6, 6.07) is 7.69. The van der Waals surface area contributed by atoms with Crippen LogP contribution in [0.3, 0.4) is 0 Å². The summed E-state index contributed by atoms with van der Waals surface area (Å²) in [6.45, 7) is -0.113. The SMILES string of the molecule is OCc1n[nH]nc1-c1cccc(Br)c1. The van der Waals surface area contributed by atoms with E-state index < -0.39 is 0 Å². The van der Waals surface area contributed by atoms with Gasteiger partial charge in [-0.15, -0.1) is 0 Å². The lowest BCUT2D eigenvalue weighted by atomic mass is 10.1. The molecule has 0 amide bonds. The molecule has 0 bridgehead atoms. The van der Waals surface area contributed by atoms with Crippen molar-refractivity contribution in [1.29, 1.82) is 0 Å². The molecule has 0 fully saturated rings. The second-order valence-corrected chi connectivity index (χ2v) is 3.70. The van der Waals surface area contributed by atoms with Gasteiger partial charge < -0.3 is 5.11 Å². The average molecular weight is 254 g/mol. The van der Waals surface area contributed by atoms with Gasteiger partial charge in [0.05, 0.1) is 6.61 Å². The molecule has 72 valence electrons. The van der Waals surface area contributed by atoms with Crippen LogP contribution in [0.25, 0.3) is 11.3 Å². The number of aromatic nitrogens is 3. The van der Waals surface area contributed by atoms with Crippen molar-refractivity contribution >= 4 is 15.9 Å². The molecule has 2 N–H and O–H groups in total. The highest BCUT2D eigenvalue weighted by molar-refractivity contribution is 9.10. The third-order valence-electron chi connectivity index (χ3n) is 1.87. The molecule has 14 heavy (non-hydrogen) atoms. The topological polar surface area (TPSA) is 61.8 Å². The van der Waals surface area contributed by atoms with Gasteiger partial charge in [0.25, 0.3) is 0 Å². The summed E-state index contributed by atoms with van der Waals surface area (Å²) in [7, 11) is 0. The summed E-state index contributed by atoms with van der Waals surface area (Å²) < 4.78 is 0.974. The van der Waals surface area contributed by atoms with Gasteiger partial charge in [-0.05, 0) is 12.1 Å². The van der Waals surface area contributed by atoms with Gasteiger partial charge in [-0.25, -0.2) is 0 Å². The fraction of sp³-hybridized carbons (Fsp3) is 0.111. The van der Waals surface area contributed by atoms with Crippen LogP contribution >= 0.6 is 15.9 Å². The lowest BCUT2D eigenvalue weighted by molar-refractivity contribution is 0.277. The minimum atomic E-state index is -0.113. The maximum Gasteiger partial charge on any atom is 0.118 e. The molecule has 1 heterocycles. The zero-order valence-electron chi connectivity index (χ0n) is 7.24. The van der Waals surface area contributed by atoms with Crippen molar-refractivity contribution in [2.45, 2.75) is 6.61 Å². The molecule has 5 heteroatoms. The van der Waals surface area contributed by atoms with Gasteiger partial charge in [0.1, 0.15) is 11.4 Å². The van der Waals surface area contributed by atoms with E-state index in [9.17, 15) is 0 Å². The van der Waals surface area contributed by atoms with Gasteiger partial charge >= 0.3 is 0 Å². The van der Waals surface area contributed by atoms with Crippen molar-refractivity contribution in [2.24, 2.45) is 0 Å². The number of aliphatic hydroxyl groups is 1. The normalized spacial score (nSPS) is 10.4. The number of benzene rings is 1. The molecule has 0 atom stereocenters. The summed E-state index contributed by atoms with van der Waals surface area (Å²) in [5.41, 5.74) is 2.18. The maximum absolute atomic E-state index is 9.00. The van der Waals surface area contributed by atoms with Crippen LogP contribution in [0, 0.1) is 0 Å². The number of nitrogens with one attached hydrogen (secondary N) is 1. The van der Waals surface area contributed by atoms with E-state index in [1.807, 2.05) is 24.3 Å². The minimum Gasteiger partial charge on any atom is -0.390 e. The van der Waals surface area contributed by atoms with Crippen molar-refractivity contribution in [3.63, 3.8) is 0 Å². The Morgan fingerprint density at radius 2 is 2.21 bits per heavy atom. The number of hydrogen-bond acceptors (Lipinski definition) is 3. The minimum absolute atomic E-state index is 0.113. The van der Waals surface area contributed by atoms with Crippen LogP contribution < -0.4 is 0 Å². The summed E-state index contributed by atoms with van der Waals surface area (Å²) in [5, 5.41) is 19.3. The van der Waals surface area contributed by atoms with Crippen LogP contribution in [0.5, 0.6) is 0 Å². The van der Waals surface area contributed by atoms with Gasteiger partial charge in [-0.1, -0.05) is 28.1 Å². The van der Waals surface area contributed by atoms with E-state index in [1.165, 1.54) is 0 Å². The number of H-pyrrole nitrogens is 1. The fourth-order valence-electron chi connectivity index (χ4n) is 1.23. The molecule has 1 aromatic heterocycles. The Morgan fingerprint density at radius 3 is 2.93 bits per heavy atom. The third kappa shape index (κ3) is 1.69. The molecule has 2 aromatic rings. The molecule has 0 spiro atoms. The van der Waals surface area contributed by atoms with Gasteiger partial charge in [0, 0.05) is 10.0 Å². The van der Waals surface area contributed by atoms with Crippen molar-refractivity contribution < 1.29 is 5.11 Å². The molecule has 1 aromatic carbocycles. The first kappa shape index (κ1) is 9.36. The van der Waals surface area contributed by atoms with Crippen molar-refractivity contribution in [3.05, 3.63) is 34.4 Å². The molecule has 0 aliphatic carbocycles. The molecule has 0 unspecified atom stereocenters. The molecular formula is C9H8BrN3O. The fourth-order valence-corrected chi connectivity index (χ4v) is 1.63. The molecule has 2 rings (SSSR count). The Kier molecular flexibility index (Phi) is 2.60. The van der Waals surface area contributed by atoms with Crippen molar-refractivity contribution in [3.8, 4) is 11.3 Å². The second kappa shape index (κ2) is 3.89. The van der Waals surface area contributed by atoms with E-state index >= 15 is 0 Å². The maximum atomic E-state index is 9.00. The lowest BCUT2D eigenvalue weighted by Gasteiger charge is -1.98. The van der Waals surface area contributed by atoms with Gasteiger partial charge in [-0.2, -0.15) is 15.4 Å². The van der Waals surface area contributed by atoms with E-state index in [0.717, 1.165) is 10.0 Å². The number of nitrogens with zero attached hydrogens (tertiary/aromatic N) is 2. The largest absolute Gasteiger partial charge is 0.390 e. The van der Waals surface area contributed by atoms with Crippen LogP contribution in [-0.4, -0.2) is 20.5 Å². The second-order valence-electron chi connectivity index (χ2n) is 2.79. The number of halogens is 1. The zero-order chi connectivity index (χ0) is 9.97. The predicted octanol–water partition coefficient (Wildman–Crippen LogP) is 1.73. The van der Waals surface area contributed by atoms with Gasteiger partial charge in [0.2, 0.25) is 0 Å². The van der Waals surface area contributed by atoms with Crippen LogP contribution in [-0.2, 0) is 6.61 Å². The molecule has 0 saturated carbocycles. The molecule has 0 aliphatic rings. The number of rotatable bonds is 2. The monoisotopic (exact) mass is 253 g/mol. The first-order chi connectivity index (χ1) is 6.81. The Morgan fingerprint density at radius 1 is 1.36 bits per heavy atom. The Hall–Kier alpha value is -1.20. The summed E-state index contributed by atoms with van der Waals surface area (Å²) in [5.74, 6) is 0. The van der Waals surface area contributed by atoms with Crippen LogP contribution in [0.2, 0.25) is 0 Å². The average Bonchev–Trinajstić information content (AvgIpc) is 2.65. The Balaban J connectivity index is 2.49. The molecule has 0 saturated heterocycles. The van der Waals surface area contributed by atoms with Crippen LogP contribution in [0.1, 0.15) is 5.69 Å². The Labute approximate surface area is 89.1 Å². The highest BCUT2D eigenvalue weighted by Crippen LogP contribution is 2.22. The van der Waals surface area contributed by atoms with Crippen molar-refractivity contribution in [2.75, 3.05) is 0 Å². The number of hydrogen-bond donors (Lipinski definition) is 2. The molecular weight excluding hydrogens is 246 g/mol. The van der Waals surface area contributed by atoms with Crippen molar-refractivity contribution in [1.82, 2.24) is 15.4 Å². The van der Waals surface area contributed by atoms with E-state index in [0.29, 0.717) is 11.4 Å². The van der Waals surface area contributed by atoms with Crippen LogP contribution in [0.15, 0.2) is 28.7 Å². The Bertz CT molecular complexity index is 441. The summed E-state index contributed by atoms with van der Waals surface area (Å²) in [6.07, 6.45) is 0. The van der Waals surface area contributed by atoms with Crippen LogP contribution in [0.4, 0.5) is 0 Å². The van der Waals surface area contributed by atoms with E-state index in [-0.39, 0.29) is 6.61 Å². The standard InChI is InChI=1S/C9H8BrN3O/c10-7-3-1-2-6(4-7)9-8(5-14)11-13-12-9/h1-4,14H,5H2,(H,11,12,13). The number of aliphatic hydroxyl groups excluding tert-OH is 1. The van der Waals surface area contributed by atoms with E-state index in [4.69, 9.17) is 5.11 Å². The van der Waals surface area contributed by atoms with Gasteiger partial charge in [0.15, 0.2) is 0 Å². The summed E-state index contributed by atoms with van der Waals surface area (Å²) in [4.78, 5) is 0. The highest BCUT2D eigenvalue weighted by Gasteiger charge is 2.08. The molecule has 4 nitrogen and oxygen atoms in total. The first-order valence-corrected chi connectivity index (χ1v) is 4.87. The number of aromatic amines is 1.